The van der Waals surface area contributed by atoms with Gasteiger partial charge in [-0.2, -0.15) is 0 Å². The van der Waals surface area contributed by atoms with E-state index in [0.29, 0.717) is 28.6 Å². The normalized spacial score (nSPS) is 25.3. The molecular formula is C23H26ClN3O4. The number of rotatable bonds is 4. The summed E-state index contributed by atoms with van der Waals surface area (Å²) < 4.78 is 5.34. The number of carbonyl (C=O) groups excluding carboxylic acids is 2. The molecule has 2 amide bonds. The van der Waals surface area contributed by atoms with Crippen LogP contribution >= 0.6 is 11.6 Å². The lowest BCUT2D eigenvalue weighted by molar-refractivity contribution is -0.130. The Labute approximate surface area is 186 Å². The SMILES string of the molecule is COc1ccc(Cl)cc1NC(=O)[C@H]1C[C@H]([C@@H](C)O)N[C@]12C(=O)Nc1c(C)cc(C)cc12. The molecule has 0 bridgehead atoms. The minimum absolute atomic E-state index is 0.294. The number of aliphatic hydroxyl groups is 1. The maximum Gasteiger partial charge on any atom is 0.250 e. The van der Waals surface area contributed by atoms with Gasteiger partial charge < -0.3 is 20.5 Å². The van der Waals surface area contributed by atoms with Gasteiger partial charge in [0.25, 0.3) is 0 Å². The van der Waals surface area contributed by atoms with Crippen molar-refractivity contribution in [2.24, 2.45) is 5.92 Å². The Morgan fingerprint density at radius 1 is 1.32 bits per heavy atom. The number of anilines is 2. The second kappa shape index (κ2) is 7.82. The van der Waals surface area contributed by atoms with Gasteiger partial charge in [-0.1, -0.05) is 29.3 Å². The van der Waals surface area contributed by atoms with Gasteiger partial charge in [0.05, 0.1) is 24.8 Å². The van der Waals surface area contributed by atoms with Crippen molar-refractivity contribution in [3.63, 3.8) is 0 Å². The Balaban J connectivity index is 1.79. The van der Waals surface area contributed by atoms with E-state index in [2.05, 4.69) is 16.0 Å². The second-order valence-electron chi connectivity index (χ2n) is 8.38. The summed E-state index contributed by atoms with van der Waals surface area (Å²) in [4.78, 5) is 26.9. The fourth-order valence-corrected chi connectivity index (χ4v) is 4.94. The van der Waals surface area contributed by atoms with Crippen LogP contribution in [0, 0.1) is 19.8 Å². The lowest BCUT2D eigenvalue weighted by Crippen LogP contribution is -2.53. The molecule has 31 heavy (non-hydrogen) atoms. The molecule has 4 N–H and O–H groups in total. The molecule has 2 aliphatic heterocycles. The quantitative estimate of drug-likeness (QED) is 0.582. The first-order valence-electron chi connectivity index (χ1n) is 10.2. The van der Waals surface area contributed by atoms with Crippen molar-refractivity contribution in [1.29, 1.82) is 0 Å². The van der Waals surface area contributed by atoms with Crippen molar-refractivity contribution >= 4 is 34.8 Å². The highest BCUT2D eigenvalue weighted by Gasteiger charge is 2.61. The molecule has 2 aromatic rings. The first kappa shape index (κ1) is 21.6. The van der Waals surface area contributed by atoms with Crippen LogP contribution in [0.2, 0.25) is 5.02 Å². The highest BCUT2D eigenvalue weighted by atomic mass is 35.5. The molecule has 8 heteroatoms. The number of benzene rings is 2. The van der Waals surface area contributed by atoms with E-state index in [1.54, 1.807) is 25.1 Å². The van der Waals surface area contributed by atoms with E-state index in [0.717, 1.165) is 16.7 Å². The molecule has 7 nitrogen and oxygen atoms in total. The van der Waals surface area contributed by atoms with Gasteiger partial charge >= 0.3 is 0 Å². The molecule has 1 fully saturated rings. The first-order valence-corrected chi connectivity index (χ1v) is 10.6. The van der Waals surface area contributed by atoms with Crippen molar-refractivity contribution in [1.82, 2.24) is 5.32 Å². The zero-order chi connectivity index (χ0) is 22.5. The monoisotopic (exact) mass is 443 g/mol. The van der Waals surface area contributed by atoms with E-state index in [1.807, 2.05) is 26.0 Å². The molecule has 0 unspecified atom stereocenters. The van der Waals surface area contributed by atoms with Crippen LogP contribution in [-0.4, -0.2) is 36.2 Å². The summed E-state index contributed by atoms with van der Waals surface area (Å²) in [5.74, 6) is -0.929. The standard InChI is InChI=1S/C23H26ClN3O4/c1-11-7-12(2)20-15(8-11)23(22(30)26-20)16(10-17(27-23)13(3)28)21(29)25-18-9-14(24)5-6-19(18)31-4/h5-9,13,16-17,27-28H,10H2,1-4H3,(H,25,29)(H,26,30)/t13-,16-,17-,23+/m1/s1. The van der Waals surface area contributed by atoms with Crippen LogP contribution in [0.1, 0.15) is 30.0 Å². The average Bonchev–Trinajstić information content (AvgIpc) is 3.23. The zero-order valence-electron chi connectivity index (χ0n) is 17.9. The number of halogens is 1. The van der Waals surface area contributed by atoms with Crippen LogP contribution in [0.5, 0.6) is 5.75 Å². The van der Waals surface area contributed by atoms with E-state index in [4.69, 9.17) is 16.3 Å². The van der Waals surface area contributed by atoms with Gasteiger partial charge in [0.1, 0.15) is 11.3 Å². The highest BCUT2D eigenvalue weighted by molar-refractivity contribution is 6.31. The smallest absolute Gasteiger partial charge is 0.250 e. The van der Waals surface area contributed by atoms with E-state index in [9.17, 15) is 14.7 Å². The third-order valence-electron chi connectivity index (χ3n) is 6.24. The Morgan fingerprint density at radius 2 is 2.06 bits per heavy atom. The fourth-order valence-electron chi connectivity index (χ4n) is 4.77. The molecule has 4 atom stereocenters. The minimum atomic E-state index is -1.27. The molecule has 0 aliphatic carbocycles. The van der Waals surface area contributed by atoms with Crippen LogP contribution < -0.4 is 20.7 Å². The Kier molecular flexibility index (Phi) is 5.45. The van der Waals surface area contributed by atoms with Crippen LogP contribution in [0.25, 0.3) is 0 Å². The van der Waals surface area contributed by atoms with Gasteiger partial charge in [-0.05, 0) is 51.0 Å². The van der Waals surface area contributed by atoms with Gasteiger partial charge in [0.15, 0.2) is 0 Å². The summed E-state index contributed by atoms with van der Waals surface area (Å²) in [5.41, 5.74) is 2.52. The van der Waals surface area contributed by atoms with Crippen LogP contribution in [0.15, 0.2) is 30.3 Å². The molecule has 0 radical (unpaired) electrons. The number of methoxy groups -OCH3 is 1. The maximum absolute atomic E-state index is 13.5. The molecule has 4 rings (SSSR count). The molecule has 164 valence electrons. The molecule has 1 saturated heterocycles. The molecule has 2 aromatic carbocycles. The number of aliphatic hydroxyl groups excluding tert-OH is 1. The Bertz CT molecular complexity index is 1070. The highest BCUT2D eigenvalue weighted by Crippen LogP contribution is 2.49. The Hall–Kier alpha value is -2.61. The molecule has 1 spiro atoms. The van der Waals surface area contributed by atoms with Gasteiger partial charge in [-0.25, -0.2) is 0 Å². The lowest BCUT2D eigenvalue weighted by atomic mass is 9.78. The number of carbonyl (C=O) groups is 2. The van der Waals surface area contributed by atoms with E-state index in [1.165, 1.54) is 7.11 Å². The van der Waals surface area contributed by atoms with Crippen molar-refractivity contribution in [2.45, 2.75) is 44.9 Å². The van der Waals surface area contributed by atoms with Crippen LogP contribution in [0.3, 0.4) is 0 Å². The number of amides is 2. The molecule has 0 aromatic heterocycles. The van der Waals surface area contributed by atoms with Crippen molar-refractivity contribution in [2.75, 3.05) is 17.7 Å². The van der Waals surface area contributed by atoms with Gasteiger partial charge in [-0.15, -0.1) is 0 Å². The topological polar surface area (TPSA) is 99.7 Å². The first-order chi connectivity index (χ1) is 14.7. The summed E-state index contributed by atoms with van der Waals surface area (Å²) >= 11 is 6.11. The van der Waals surface area contributed by atoms with Crippen molar-refractivity contribution < 1.29 is 19.4 Å². The summed E-state index contributed by atoms with van der Waals surface area (Å²) in [6.45, 7) is 5.54. The van der Waals surface area contributed by atoms with Gasteiger partial charge in [-0.3, -0.25) is 14.9 Å². The summed E-state index contributed by atoms with van der Waals surface area (Å²) in [7, 11) is 1.51. The number of hydrogen-bond donors (Lipinski definition) is 4. The number of nitrogens with one attached hydrogen (secondary N) is 3. The zero-order valence-corrected chi connectivity index (χ0v) is 18.6. The van der Waals surface area contributed by atoms with Crippen LogP contribution in [0.4, 0.5) is 11.4 Å². The minimum Gasteiger partial charge on any atom is -0.495 e. The summed E-state index contributed by atoms with van der Waals surface area (Å²) in [5, 5.41) is 19.9. The predicted molar refractivity (Wildman–Crippen MR) is 120 cm³/mol. The second-order valence-corrected chi connectivity index (χ2v) is 8.82. The summed E-state index contributed by atoms with van der Waals surface area (Å²) in [6, 6.07) is 8.45. The third kappa shape index (κ3) is 3.46. The molecule has 2 aliphatic rings. The van der Waals surface area contributed by atoms with Crippen molar-refractivity contribution in [3.05, 3.63) is 52.0 Å². The number of aryl methyl sites for hydroxylation is 2. The number of ether oxygens (including phenoxy) is 1. The van der Waals surface area contributed by atoms with E-state index in [-0.39, 0.29) is 11.8 Å². The average molecular weight is 444 g/mol. The lowest BCUT2D eigenvalue weighted by Gasteiger charge is -2.30. The van der Waals surface area contributed by atoms with E-state index < -0.39 is 23.6 Å². The van der Waals surface area contributed by atoms with Gasteiger partial charge in [0, 0.05) is 22.3 Å². The summed E-state index contributed by atoms with van der Waals surface area (Å²) in [6.07, 6.45) is -0.440. The number of hydrogen-bond acceptors (Lipinski definition) is 5. The fraction of sp³-hybridized carbons (Fsp3) is 0.391. The predicted octanol–water partition coefficient (Wildman–Crippen LogP) is 3.11. The largest absolute Gasteiger partial charge is 0.495 e. The maximum atomic E-state index is 13.5. The van der Waals surface area contributed by atoms with Crippen LogP contribution in [-0.2, 0) is 15.1 Å². The number of fused-ring (bicyclic) bond motifs is 2. The molecular weight excluding hydrogens is 418 g/mol. The Morgan fingerprint density at radius 3 is 2.74 bits per heavy atom. The van der Waals surface area contributed by atoms with E-state index >= 15 is 0 Å². The molecule has 2 heterocycles. The van der Waals surface area contributed by atoms with Gasteiger partial charge in [0.2, 0.25) is 11.8 Å². The molecule has 0 saturated carbocycles. The third-order valence-corrected chi connectivity index (χ3v) is 6.48. The van der Waals surface area contributed by atoms with Crippen molar-refractivity contribution in [3.8, 4) is 5.75 Å².